The molecule has 1 heterocycles. The van der Waals surface area contributed by atoms with Crippen molar-refractivity contribution in [1.29, 1.82) is 0 Å². The second-order valence-electron chi connectivity index (χ2n) is 21.1. The summed E-state index contributed by atoms with van der Waals surface area (Å²) in [5, 5.41) is 17.4. The summed E-state index contributed by atoms with van der Waals surface area (Å²) >= 11 is 0. The molecule has 16 aromatic rings. The quantitative estimate of drug-likeness (QED) is 0.140. The lowest BCUT2D eigenvalue weighted by atomic mass is 9.85. The Morgan fingerprint density at radius 2 is 0.456 bits per heavy atom. The third kappa shape index (κ3) is 7.32. The van der Waals surface area contributed by atoms with Crippen LogP contribution in [0.25, 0.3) is 159 Å². The fourth-order valence-corrected chi connectivity index (χ4v) is 13.1. The second-order valence-corrected chi connectivity index (χ2v) is 21.1. The Morgan fingerprint density at radius 1 is 0.165 bits per heavy atom. The van der Waals surface area contributed by atoms with E-state index >= 15 is 0 Å². The Kier molecular flexibility index (Phi) is 10.3. The average molecular weight is 1000 g/mol. The smallest absolute Gasteiger partial charge is 0.0541 e. The minimum Gasteiger partial charge on any atom is -0.309 e. The summed E-state index contributed by atoms with van der Waals surface area (Å²) in [6.45, 7) is 0. The molecule has 0 radical (unpaired) electrons. The van der Waals surface area contributed by atoms with E-state index in [9.17, 15) is 0 Å². The highest BCUT2D eigenvalue weighted by molar-refractivity contribution is 6.23. The van der Waals surface area contributed by atoms with Gasteiger partial charge in [0.05, 0.1) is 11.0 Å². The maximum atomic E-state index is 2.43. The van der Waals surface area contributed by atoms with Gasteiger partial charge in [-0.25, -0.2) is 0 Å². The number of nitrogens with zero attached hydrogens (tertiary/aromatic N) is 1. The molecule has 0 unspecified atom stereocenters. The Bertz CT molecular complexity index is 4720. The van der Waals surface area contributed by atoms with Crippen molar-refractivity contribution in [3.05, 3.63) is 297 Å². The Morgan fingerprint density at radius 3 is 0.835 bits per heavy atom. The van der Waals surface area contributed by atoms with E-state index in [2.05, 4.69) is 302 Å². The van der Waals surface area contributed by atoms with Crippen molar-refractivity contribution in [1.82, 2.24) is 4.57 Å². The zero-order valence-corrected chi connectivity index (χ0v) is 43.2. The van der Waals surface area contributed by atoms with Gasteiger partial charge in [-0.1, -0.05) is 237 Å². The highest BCUT2D eigenvalue weighted by Crippen LogP contribution is 2.48. The average Bonchev–Trinajstić information content (AvgIpc) is 4.11. The van der Waals surface area contributed by atoms with Gasteiger partial charge < -0.3 is 4.57 Å². The van der Waals surface area contributed by atoms with Crippen LogP contribution < -0.4 is 0 Å². The lowest BCUT2D eigenvalue weighted by Crippen LogP contribution is -1.93. The first-order valence-corrected chi connectivity index (χ1v) is 27.4. The van der Waals surface area contributed by atoms with Crippen LogP contribution in [-0.4, -0.2) is 4.57 Å². The van der Waals surface area contributed by atoms with Crippen molar-refractivity contribution in [2.45, 2.75) is 0 Å². The fraction of sp³-hybridized carbons (Fsp3) is 0. The highest BCUT2D eigenvalue weighted by Gasteiger charge is 2.21. The molecule has 0 aliphatic heterocycles. The molecule has 0 bridgehead atoms. The van der Waals surface area contributed by atoms with Crippen molar-refractivity contribution in [2.75, 3.05) is 0 Å². The van der Waals surface area contributed by atoms with Gasteiger partial charge in [0.15, 0.2) is 0 Å². The van der Waals surface area contributed by atoms with Gasteiger partial charge in [-0.3, -0.25) is 0 Å². The first-order chi connectivity index (χ1) is 39.2. The molecule has 0 amide bonds. The number of aromatic nitrogens is 1. The molecule has 0 fully saturated rings. The van der Waals surface area contributed by atoms with Gasteiger partial charge in [-0.15, -0.1) is 0 Å². The molecule has 16 rings (SSSR count). The van der Waals surface area contributed by atoms with Crippen molar-refractivity contribution >= 4 is 86.4 Å². The van der Waals surface area contributed by atoms with E-state index in [0.717, 1.165) is 5.69 Å². The number of benzene rings is 15. The van der Waals surface area contributed by atoms with Crippen LogP contribution in [0.4, 0.5) is 0 Å². The van der Waals surface area contributed by atoms with Crippen molar-refractivity contribution in [2.24, 2.45) is 0 Å². The molecule has 0 aliphatic rings. The van der Waals surface area contributed by atoms with Gasteiger partial charge >= 0.3 is 0 Å². The summed E-state index contributed by atoms with van der Waals surface area (Å²) in [6, 6.07) is 110. The number of para-hydroxylation sites is 1. The Balaban J connectivity index is 0.842. The van der Waals surface area contributed by atoms with Crippen LogP contribution in [0.2, 0.25) is 0 Å². The van der Waals surface area contributed by atoms with Gasteiger partial charge in [0.25, 0.3) is 0 Å². The highest BCUT2D eigenvalue weighted by atomic mass is 15.0. The summed E-state index contributed by atoms with van der Waals surface area (Å²) in [7, 11) is 0. The molecule has 0 spiro atoms. The molecule has 0 aliphatic carbocycles. The molecule has 1 nitrogen and oxygen atoms in total. The van der Waals surface area contributed by atoms with Gasteiger partial charge in [0.2, 0.25) is 0 Å². The third-order valence-electron chi connectivity index (χ3n) is 16.7. The van der Waals surface area contributed by atoms with E-state index in [1.807, 2.05) is 0 Å². The Labute approximate surface area is 458 Å². The van der Waals surface area contributed by atoms with Crippen LogP contribution in [0.1, 0.15) is 0 Å². The normalized spacial score (nSPS) is 11.8. The van der Waals surface area contributed by atoms with E-state index in [0.29, 0.717) is 0 Å². The zero-order valence-electron chi connectivity index (χ0n) is 43.2. The molecular weight excluding hydrogens is 951 g/mol. The van der Waals surface area contributed by atoms with Gasteiger partial charge in [-0.05, 0) is 192 Å². The van der Waals surface area contributed by atoms with E-state index in [1.165, 1.54) is 153 Å². The predicted octanol–water partition coefficient (Wildman–Crippen LogP) is 21.7. The number of fused-ring (bicyclic) bond motifs is 9. The van der Waals surface area contributed by atoms with E-state index in [4.69, 9.17) is 0 Å². The molecule has 0 N–H and O–H groups in total. The molecule has 79 heavy (non-hydrogen) atoms. The summed E-state index contributed by atoms with van der Waals surface area (Å²) in [5.41, 5.74) is 18.2. The van der Waals surface area contributed by atoms with Gasteiger partial charge in [0, 0.05) is 16.5 Å². The Hall–Kier alpha value is -10.3. The molecule has 0 saturated carbocycles. The van der Waals surface area contributed by atoms with Crippen LogP contribution in [0.5, 0.6) is 0 Å². The van der Waals surface area contributed by atoms with Crippen LogP contribution in [-0.2, 0) is 0 Å². The SMILES string of the molecule is c1ccc(-n2c3ccc(-c4cccc(-c5c6ccccc6c(-c6ccc7ccccc7c6)c6ccccc56)c4)cc3c3cc(-c4cccc(-c5c6ccccc6c(-c6ccc7ccccc7c6)c6ccccc56)c4)ccc32)cc1. The monoisotopic (exact) mass is 999 g/mol. The van der Waals surface area contributed by atoms with Crippen LogP contribution >= 0.6 is 0 Å². The maximum Gasteiger partial charge on any atom is 0.0541 e. The van der Waals surface area contributed by atoms with Crippen molar-refractivity contribution in [3.63, 3.8) is 0 Å². The fourth-order valence-electron chi connectivity index (χ4n) is 13.1. The van der Waals surface area contributed by atoms with Crippen molar-refractivity contribution < 1.29 is 0 Å². The first-order valence-electron chi connectivity index (χ1n) is 27.4. The largest absolute Gasteiger partial charge is 0.309 e. The van der Waals surface area contributed by atoms with Gasteiger partial charge in [-0.2, -0.15) is 0 Å². The molecule has 0 atom stereocenters. The van der Waals surface area contributed by atoms with E-state index in [1.54, 1.807) is 0 Å². The van der Waals surface area contributed by atoms with E-state index < -0.39 is 0 Å². The van der Waals surface area contributed by atoms with Crippen LogP contribution in [0, 0.1) is 0 Å². The minimum atomic E-state index is 1.14. The van der Waals surface area contributed by atoms with Crippen LogP contribution in [0.3, 0.4) is 0 Å². The lowest BCUT2D eigenvalue weighted by Gasteiger charge is -2.18. The topological polar surface area (TPSA) is 4.93 Å². The minimum absolute atomic E-state index is 1.14. The third-order valence-corrected chi connectivity index (χ3v) is 16.7. The number of rotatable bonds is 7. The summed E-state index contributed by atoms with van der Waals surface area (Å²) in [6.07, 6.45) is 0. The predicted molar refractivity (Wildman–Crippen MR) is 338 cm³/mol. The van der Waals surface area contributed by atoms with E-state index in [-0.39, 0.29) is 0 Å². The molecular formula is C78H49N. The summed E-state index contributed by atoms with van der Waals surface area (Å²) in [4.78, 5) is 0. The maximum absolute atomic E-state index is 2.43. The van der Waals surface area contributed by atoms with Crippen molar-refractivity contribution in [3.8, 4) is 72.4 Å². The second kappa shape index (κ2) is 18.2. The summed E-state index contributed by atoms with van der Waals surface area (Å²) in [5.74, 6) is 0. The molecule has 0 saturated heterocycles. The number of hydrogen-bond donors (Lipinski definition) is 0. The van der Waals surface area contributed by atoms with Crippen LogP contribution in [0.15, 0.2) is 297 Å². The summed E-state index contributed by atoms with van der Waals surface area (Å²) < 4.78 is 2.43. The molecule has 366 valence electrons. The van der Waals surface area contributed by atoms with Gasteiger partial charge in [0.1, 0.15) is 0 Å². The lowest BCUT2D eigenvalue weighted by molar-refractivity contribution is 1.18. The molecule has 15 aromatic carbocycles. The standard InChI is InChI=1S/C78H49N/c1-2-26-62(27-3-1)79-73-42-40-56(54-22-16-24-58(46-54)75-63-28-8-12-32-67(63)77(68-33-13-9-29-64(68)75)60-38-36-50-18-4-6-20-52(50)44-60)48-71(73)72-49-57(41-43-74(72)79)55-23-17-25-59(47-55)76-65-30-10-14-34-69(65)78(70-35-15-11-31-66(70)76)61-39-37-51-19-5-7-21-53(51)45-61/h1-49H. The molecule has 1 heteroatoms. The number of hydrogen-bond acceptors (Lipinski definition) is 0. The molecule has 1 aromatic heterocycles. The zero-order chi connectivity index (χ0) is 52.0. The first kappa shape index (κ1) is 44.9.